The average Bonchev–Trinajstić information content (AvgIpc) is 3.79. The number of hydrogen-bond acceptors (Lipinski definition) is 5. The Morgan fingerprint density at radius 3 is 1.87 bits per heavy atom. The minimum atomic E-state index is -0.869. The largest absolute Gasteiger partial charge is 0.276 e. The Hall–Kier alpha value is -6.12. The smallest absolute Gasteiger partial charge is 0.267 e. The molecule has 0 N–H and O–H groups in total. The van der Waals surface area contributed by atoms with Crippen molar-refractivity contribution >= 4 is 22.6 Å². The summed E-state index contributed by atoms with van der Waals surface area (Å²) in [6, 6.07) is 49.2. The van der Waals surface area contributed by atoms with Crippen molar-refractivity contribution < 1.29 is 0 Å². The zero-order valence-corrected chi connectivity index (χ0v) is 29.4. The zero-order chi connectivity index (χ0) is 35.5. The number of tetrazole rings is 1. The van der Waals surface area contributed by atoms with E-state index in [-0.39, 0.29) is 5.56 Å². The molecule has 0 aliphatic heterocycles. The number of benzene rings is 5. The van der Waals surface area contributed by atoms with Crippen molar-refractivity contribution in [2.45, 2.75) is 38.4 Å². The summed E-state index contributed by atoms with van der Waals surface area (Å²) >= 11 is 6.22. The number of fused-ring (bicyclic) bond motifs is 1. The van der Waals surface area contributed by atoms with Crippen LogP contribution in [0.1, 0.15) is 42.0 Å². The lowest BCUT2D eigenvalue weighted by Gasteiger charge is -2.34. The van der Waals surface area contributed by atoms with Crippen LogP contribution in [0.15, 0.2) is 157 Å². The fraction of sp³-hybridized carbons (Fsp3) is 0.140. The lowest BCUT2D eigenvalue weighted by molar-refractivity contribution is 0.396. The molecule has 0 amide bonds. The van der Waals surface area contributed by atoms with Crippen molar-refractivity contribution in [1.82, 2.24) is 34.6 Å². The van der Waals surface area contributed by atoms with Gasteiger partial charge in [0.15, 0.2) is 11.2 Å². The first-order valence-corrected chi connectivity index (χ1v) is 17.9. The maximum Gasteiger partial charge on any atom is 0.276 e. The summed E-state index contributed by atoms with van der Waals surface area (Å²) in [4.78, 5) is 19.6. The lowest BCUT2D eigenvalue weighted by Crippen LogP contribution is -2.39. The van der Waals surface area contributed by atoms with Gasteiger partial charge in [0, 0.05) is 18.3 Å². The topological polar surface area (TPSA) is 83.4 Å². The van der Waals surface area contributed by atoms with Gasteiger partial charge in [-0.25, -0.2) is 9.67 Å². The van der Waals surface area contributed by atoms with Crippen molar-refractivity contribution in [3.8, 4) is 22.5 Å². The van der Waals surface area contributed by atoms with Gasteiger partial charge in [0.25, 0.3) is 5.56 Å². The molecule has 8 rings (SSSR count). The zero-order valence-electron chi connectivity index (χ0n) is 28.7. The molecule has 0 aliphatic rings. The van der Waals surface area contributed by atoms with E-state index in [0.29, 0.717) is 35.0 Å². The van der Waals surface area contributed by atoms with Gasteiger partial charge < -0.3 is 0 Å². The van der Waals surface area contributed by atoms with Crippen molar-refractivity contribution in [3.05, 3.63) is 189 Å². The van der Waals surface area contributed by atoms with Crippen molar-refractivity contribution in [3.63, 3.8) is 0 Å². The molecular formula is C43H36ClN7O. The van der Waals surface area contributed by atoms with Crippen LogP contribution in [0.2, 0.25) is 5.02 Å². The molecule has 0 fully saturated rings. The highest BCUT2D eigenvalue weighted by Crippen LogP contribution is 2.40. The molecule has 0 spiro atoms. The molecule has 9 heteroatoms. The molecule has 5 aromatic carbocycles. The van der Waals surface area contributed by atoms with E-state index in [2.05, 4.69) is 78.6 Å². The summed E-state index contributed by atoms with van der Waals surface area (Å²) in [6.07, 6.45) is 3.46. The van der Waals surface area contributed by atoms with Crippen LogP contribution >= 0.6 is 11.6 Å². The monoisotopic (exact) mass is 701 g/mol. The first-order chi connectivity index (χ1) is 25.6. The minimum Gasteiger partial charge on any atom is -0.267 e. The van der Waals surface area contributed by atoms with Crippen LogP contribution < -0.4 is 5.56 Å². The Bertz CT molecular complexity index is 2410. The molecule has 0 saturated carbocycles. The second-order valence-corrected chi connectivity index (χ2v) is 13.3. The van der Waals surface area contributed by atoms with Crippen LogP contribution in [0.25, 0.3) is 33.5 Å². The predicted octanol–water partition coefficient (Wildman–Crippen LogP) is 8.86. The van der Waals surface area contributed by atoms with Crippen LogP contribution in [-0.4, -0.2) is 34.6 Å². The van der Waals surface area contributed by atoms with Crippen LogP contribution in [0.3, 0.4) is 0 Å². The van der Waals surface area contributed by atoms with Crippen LogP contribution in [0, 0.1) is 0 Å². The molecule has 8 nitrogen and oxygen atoms in total. The summed E-state index contributed by atoms with van der Waals surface area (Å²) in [7, 11) is 0. The fourth-order valence-electron chi connectivity index (χ4n) is 7.09. The summed E-state index contributed by atoms with van der Waals surface area (Å²) < 4.78 is 3.75. The Morgan fingerprint density at radius 2 is 1.27 bits per heavy atom. The molecule has 0 unspecified atom stereocenters. The van der Waals surface area contributed by atoms with E-state index >= 15 is 0 Å². The number of nitrogens with zero attached hydrogens (tertiary/aromatic N) is 7. The molecule has 0 bridgehead atoms. The van der Waals surface area contributed by atoms with Crippen molar-refractivity contribution in [2.24, 2.45) is 0 Å². The van der Waals surface area contributed by atoms with E-state index in [1.807, 2.05) is 77.5 Å². The first kappa shape index (κ1) is 33.0. The van der Waals surface area contributed by atoms with E-state index < -0.39 is 5.54 Å². The summed E-state index contributed by atoms with van der Waals surface area (Å²) in [5.74, 6) is 0.523. The Morgan fingerprint density at radius 1 is 0.692 bits per heavy atom. The maximum absolute atomic E-state index is 13.3. The maximum atomic E-state index is 13.3. The van der Waals surface area contributed by atoms with Crippen molar-refractivity contribution in [2.75, 3.05) is 0 Å². The molecule has 256 valence electrons. The van der Waals surface area contributed by atoms with Gasteiger partial charge in [-0.05, 0) is 51.1 Å². The normalized spacial score (nSPS) is 11.7. The Labute approximate surface area is 306 Å². The van der Waals surface area contributed by atoms with E-state index in [1.165, 1.54) is 0 Å². The van der Waals surface area contributed by atoms with Gasteiger partial charge in [-0.15, -0.1) is 15.0 Å². The second kappa shape index (κ2) is 14.2. The molecule has 0 saturated heterocycles. The number of halogens is 1. The third kappa shape index (κ3) is 5.91. The van der Waals surface area contributed by atoms with E-state index in [4.69, 9.17) is 27.0 Å². The highest BCUT2D eigenvalue weighted by Gasteiger charge is 2.41. The number of hydrogen-bond donors (Lipinski definition) is 0. The lowest BCUT2D eigenvalue weighted by atomic mass is 9.77. The molecule has 52 heavy (non-hydrogen) atoms. The first-order valence-electron chi connectivity index (χ1n) is 17.5. The molecule has 3 heterocycles. The van der Waals surface area contributed by atoms with Gasteiger partial charge in [-0.2, -0.15) is 0 Å². The second-order valence-electron chi connectivity index (χ2n) is 12.8. The third-order valence-electron chi connectivity index (χ3n) is 9.61. The van der Waals surface area contributed by atoms with Crippen LogP contribution in [-0.2, 0) is 18.6 Å². The predicted molar refractivity (Wildman–Crippen MR) is 206 cm³/mol. The molecule has 3 aromatic heterocycles. The molecular weight excluding hydrogens is 666 g/mol. The molecule has 0 aliphatic carbocycles. The highest BCUT2D eigenvalue weighted by atomic mass is 35.5. The number of unbranched alkanes of at least 4 members (excludes halogenated alkanes) is 1. The number of aromatic nitrogens is 7. The van der Waals surface area contributed by atoms with Gasteiger partial charge in [-0.3, -0.25) is 9.48 Å². The Balaban J connectivity index is 1.18. The van der Waals surface area contributed by atoms with E-state index in [0.717, 1.165) is 51.8 Å². The molecule has 8 aromatic rings. The summed E-state index contributed by atoms with van der Waals surface area (Å²) in [6.45, 7) is 3.23. The molecule has 0 atom stereocenters. The summed E-state index contributed by atoms with van der Waals surface area (Å²) in [5, 5.41) is 15.6. The van der Waals surface area contributed by atoms with Gasteiger partial charge >= 0.3 is 0 Å². The van der Waals surface area contributed by atoms with Gasteiger partial charge in [-0.1, -0.05) is 164 Å². The number of rotatable bonds is 11. The van der Waals surface area contributed by atoms with E-state index in [9.17, 15) is 4.79 Å². The van der Waals surface area contributed by atoms with Gasteiger partial charge in [0.05, 0.1) is 17.0 Å². The van der Waals surface area contributed by atoms with E-state index in [1.54, 1.807) is 21.7 Å². The van der Waals surface area contributed by atoms with Gasteiger partial charge in [0.2, 0.25) is 5.82 Å². The highest BCUT2D eigenvalue weighted by molar-refractivity contribution is 6.31. The summed E-state index contributed by atoms with van der Waals surface area (Å²) in [5.41, 5.74) is 6.68. The Kier molecular flexibility index (Phi) is 9.05. The third-order valence-corrected chi connectivity index (χ3v) is 9.82. The van der Waals surface area contributed by atoms with Crippen LogP contribution in [0.5, 0.6) is 0 Å². The average molecular weight is 702 g/mol. The van der Waals surface area contributed by atoms with Crippen LogP contribution in [0.4, 0.5) is 0 Å². The number of pyridine rings is 1. The fourth-order valence-corrected chi connectivity index (χ4v) is 7.25. The molecule has 0 radical (unpaired) electrons. The quantitative estimate of drug-likeness (QED) is 0.126. The van der Waals surface area contributed by atoms with Crippen molar-refractivity contribution in [1.29, 1.82) is 0 Å². The minimum absolute atomic E-state index is 0.0691. The van der Waals surface area contributed by atoms with Gasteiger partial charge in [0.1, 0.15) is 0 Å². The standard InChI is InChI=1S/C43H36ClN7O/c1-2-3-27-49-42(52)39-28-36(44)29-45-41(39)50(49)30-31-23-25-32(26-24-31)37-21-13-14-22-38(37)40-46-48-51(47-40)43(33-15-7-4-8-16-33,34-17-9-5-10-18-34)35-19-11-6-12-20-35/h4-26,28-29H,2-3,27,30H2,1H3. The SMILES string of the molecule is CCCCn1c(=O)c2cc(Cl)cnc2n1Cc1ccc(-c2ccccc2-c2nnn(C(c3ccccc3)(c3ccccc3)c3ccccc3)n2)cc1.